The van der Waals surface area contributed by atoms with E-state index in [4.69, 9.17) is 4.74 Å². The van der Waals surface area contributed by atoms with Crippen LogP contribution in [-0.4, -0.2) is 36.9 Å². The molecular weight excluding hydrogens is 328 g/mol. The second-order valence-electron chi connectivity index (χ2n) is 5.74. The topological polar surface area (TPSA) is 58.6 Å². The standard InChI is InChI=1S/C21H24N2O3/c1-3-26-19-14-8-7-13-18(19)22-20(24)16-21(25)23(2)15-9-12-17-10-5-4-6-11-17/h4-14H,3,15-16H2,1-2H3,(H,22,24)/b12-9+. The molecule has 2 amide bonds. The Hall–Kier alpha value is -3.08. The number of carbonyl (C=O) groups excluding carboxylic acids is 2. The van der Waals surface area contributed by atoms with E-state index in [1.807, 2.05) is 55.5 Å². The molecule has 26 heavy (non-hydrogen) atoms. The van der Waals surface area contributed by atoms with Crippen LogP contribution in [0.25, 0.3) is 6.08 Å². The van der Waals surface area contributed by atoms with E-state index in [9.17, 15) is 9.59 Å². The summed E-state index contributed by atoms with van der Waals surface area (Å²) in [5.74, 6) is -0.00917. The van der Waals surface area contributed by atoms with Crippen molar-refractivity contribution >= 4 is 23.6 Å². The van der Waals surface area contributed by atoms with E-state index in [0.717, 1.165) is 5.56 Å². The van der Waals surface area contributed by atoms with Gasteiger partial charge in [-0.1, -0.05) is 54.6 Å². The molecule has 0 fully saturated rings. The largest absolute Gasteiger partial charge is 0.492 e. The molecule has 0 radical (unpaired) electrons. The van der Waals surface area contributed by atoms with Crippen LogP contribution in [0.4, 0.5) is 5.69 Å². The van der Waals surface area contributed by atoms with Crippen molar-refractivity contribution in [1.82, 2.24) is 4.90 Å². The number of amides is 2. The Morgan fingerprint density at radius 1 is 1.08 bits per heavy atom. The van der Waals surface area contributed by atoms with Crippen molar-refractivity contribution in [3.8, 4) is 5.75 Å². The number of hydrogen-bond donors (Lipinski definition) is 1. The molecule has 0 aromatic heterocycles. The lowest BCUT2D eigenvalue weighted by molar-refractivity contribution is -0.133. The van der Waals surface area contributed by atoms with Crippen molar-refractivity contribution in [2.45, 2.75) is 13.3 Å². The zero-order valence-electron chi connectivity index (χ0n) is 15.1. The third kappa shape index (κ3) is 6.09. The molecule has 0 saturated carbocycles. The molecule has 2 aromatic carbocycles. The van der Waals surface area contributed by atoms with E-state index in [0.29, 0.717) is 24.6 Å². The Labute approximate surface area is 154 Å². The van der Waals surface area contributed by atoms with Gasteiger partial charge in [-0.3, -0.25) is 9.59 Å². The second-order valence-corrected chi connectivity index (χ2v) is 5.74. The molecule has 5 heteroatoms. The van der Waals surface area contributed by atoms with Crippen LogP contribution in [0.5, 0.6) is 5.75 Å². The first-order valence-electron chi connectivity index (χ1n) is 8.57. The SMILES string of the molecule is CCOc1ccccc1NC(=O)CC(=O)N(C)C/C=C/c1ccccc1. The van der Waals surface area contributed by atoms with Crippen LogP contribution in [-0.2, 0) is 9.59 Å². The summed E-state index contributed by atoms with van der Waals surface area (Å²) < 4.78 is 5.47. The molecular formula is C21H24N2O3. The fourth-order valence-corrected chi connectivity index (χ4v) is 2.33. The van der Waals surface area contributed by atoms with Crippen LogP contribution < -0.4 is 10.1 Å². The normalized spacial score (nSPS) is 10.5. The maximum Gasteiger partial charge on any atom is 0.233 e. The molecule has 0 aliphatic heterocycles. The molecule has 2 aromatic rings. The predicted molar refractivity (Wildman–Crippen MR) is 104 cm³/mol. The van der Waals surface area contributed by atoms with Gasteiger partial charge >= 0.3 is 0 Å². The highest BCUT2D eigenvalue weighted by Crippen LogP contribution is 2.23. The van der Waals surface area contributed by atoms with Crippen molar-refractivity contribution in [3.05, 3.63) is 66.2 Å². The van der Waals surface area contributed by atoms with Crippen LogP contribution in [0.15, 0.2) is 60.7 Å². The van der Waals surface area contributed by atoms with Crippen LogP contribution in [0.3, 0.4) is 0 Å². The van der Waals surface area contributed by atoms with Gasteiger partial charge in [-0.05, 0) is 24.6 Å². The van der Waals surface area contributed by atoms with E-state index in [-0.39, 0.29) is 18.2 Å². The highest BCUT2D eigenvalue weighted by molar-refractivity contribution is 6.04. The second kappa shape index (κ2) is 10.0. The van der Waals surface area contributed by atoms with Crippen molar-refractivity contribution in [3.63, 3.8) is 0 Å². The molecule has 5 nitrogen and oxygen atoms in total. The summed E-state index contributed by atoms with van der Waals surface area (Å²) in [6, 6.07) is 17.0. The van der Waals surface area contributed by atoms with Crippen LogP contribution in [0.2, 0.25) is 0 Å². The quantitative estimate of drug-likeness (QED) is 0.739. The zero-order valence-corrected chi connectivity index (χ0v) is 15.1. The Morgan fingerprint density at radius 3 is 2.50 bits per heavy atom. The number of carbonyl (C=O) groups is 2. The molecule has 0 unspecified atom stereocenters. The Bertz CT molecular complexity index is 757. The average molecular weight is 352 g/mol. The van der Waals surface area contributed by atoms with E-state index >= 15 is 0 Å². The number of nitrogens with zero attached hydrogens (tertiary/aromatic N) is 1. The lowest BCUT2D eigenvalue weighted by Crippen LogP contribution is -2.30. The van der Waals surface area contributed by atoms with Gasteiger partial charge in [0.25, 0.3) is 0 Å². The number of benzene rings is 2. The fourth-order valence-electron chi connectivity index (χ4n) is 2.33. The maximum atomic E-state index is 12.2. The van der Waals surface area contributed by atoms with Gasteiger partial charge in [-0.15, -0.1) is 0 Å². The minimum absolute atomic E-state index is 0.212. The smallest absolute Gasteiger partial charge is 0.233 e. The maximum absolute atomic E-state index is 12.2. The minimum Gasteiger partial charge on any atom is -0.492 e. The van der Waals surface area contributed by atoms with Gasteiger partial charge in [-0.2, -0.15) is 0 Å². The fraction of sp³-hybridized carbons (Fsp3) is 0.238. The van der Waals surface area contributed by atoms with Gasteiger partial charge in [0.1, 0.15) is 12.2 Å². The minimum atomic E-state index is -0.360. The molecule has 136 valence electrons. The van der Waals surface area contributed by atoms with E-state index in [2.05, 4.69) is 5.32 Å². The number of likely N-dealkylation sites (N-methyl/N-ethyl adjacent to an activating group) is 1. The molecule has 0 aliphatic rings. The summed E-state index contributed by atoms with van der Waals surface area (Å²) in [5.41, 5.74) is 1.64. The predicted octanol–water partition coefficient (Wildman–Crippen LogP) is 3.59. The van der Waals surface area contributed by atoms with E-state index < -0.39 is 0 Å². The molecule has 0 aliphatic carbocycles. The molecule has 1 N–H and O–H groups in total. The summed E-state index contributed by atoms with van der Waals surface area (Å²) in [6.07, 6.45) is 3.63. The van der Waals surface area contributed by atoms with Crippen molar-refractivity contribution in [1.29, 1.82) is 0 Å². The number of para-hydroxylation sites is 2. The van der Waals surface area contributed by atoms with Gasteiger partial charge in [0.05, 0.1) is 12.3 Å². The first-order chi connectivity index (χ1) is 12.6. The highest BCUT2D eigenvalue weighted by Gasteiger charge is 2.14. The Morgan fingerprint density at radius 2 is 1.77 bits per heavy atom. The molecule has 0 heterocycles. The van der Waals surface area contributed by atoms with Crippen LogP contribution in [0, 0.1) is 0 Å². The molecule has 2 rings (SSSR count). The van der Waals surface area contributed by atoms with Gasteiger partial charge < -0.3 is 15.0 Å². The molecule has 0 spiro atoms. The van der Waals surface area contributed by atoms with Crippen molar-refractivity contribution in [2.24, 2.45) is 0 Å². The number of ether oxygens (including phenoxy) is 1. The van der Waals surface area contributed by atoms with Gasteiger partial charge in [0, 0.05) is 13.6 Å². The monoisotopic (exact) mass is 352 g/mol. The Balaban J connectivity index is 1.84. The summed E-state index contributed by atoms with van der Waals surface area (Å²) in [6.45, 7) is 2.82. The van der Waals surface area contributed by atoms with Gasteiger partial charge in [0.15, 0.2) is 0 Å². The molecule has 0 atom stereocenters. The number of anilines is 1. The van der Waals surface area contributed by atoms with Crippen molar-refractivity contribution < 1.29 is 14.3 Å². The van der Waals surface area contributed by atoms with Crippen molar-refractivity contribution in [2.75, 3.05) is 25.5 Å². The molecule has 0 saturated heterocycles. The van der Waals surface area contributed by atoms with Gasteiger partial charge in [-0.25, -0.2) is 0 Å². The highest BCUT2D eigenvalue weighted by atomic mass is 16.5. The summed E-state index contributed by atoms with van der Waals surface area (Å²) in [7, 11) is 1.68. The van der Waals surface area contributed by atoms with Gasteiger partial charge in [0.2, 0.25) is 11.8 Å². The van der Waals surface area contributed by atoms with Crippen LogP contribution in [0.1, 0.15) is 18.9 Å². The average Bonchev–Trinajstić information content (AvgIpc) is 2.64. The first kappa shape index (κ1) is 19.2. The summed E-state index contributed by atoms with van der Waals surface area (Å²) in [5, 5.41) is 2.73. The summed E-state index contributed by atoms with van der Waals surface area (Å²) in [4.78, 5) is 25.9. The zero-order chi connectivity index (χ0) is 18.8. The van der Waals surface area contributed by atoms with E-state index in [1.165, 1.54) is 4.90 Å². The number of hydrogen-bond acceptors (Lipinski definition) is 3. The third-order valence-electron chi connectivity index (χ3n) is 3.69. The lowest BCUT2D eigenvalue weighted by atomic mass is 10.2. The van der Waals surface area contributed by atoms with Crippen LogP contribution >= 0.6 is 0 Å². The number of rotatable bonds is 8. The summed E-state index contributed by atoms with van der Waals surface area (Å²) >= 11 is 0. The number of nitrogens with one attached hydrogen (secondary N) is 1. The van der Waals surface area contributed by atoms with E-state index in [1.54, 1.807) is 25.2 Å². The molecule has 0 bridgehead atoms. The lowest BCUT2D eigenvalue weighted by Gasteiger charge is -2.15. The third-order valence-corrected chi connectivity index (χ3v) is 3.69. The first-order valence-corrected chi connectivity index (χ1v) is 8.57. The Kier molecular flexibility index (Phi) is 7.43.